The minimum absolute atomic E-state index is 0.0224. The molecule has 0 unspecified atom stereocenters. The first-order valence-electron chi connectivity index (χ1n) is 7.03. The van der Waals surface area contributed by atoms with Gasteiger partial charge in [0.15, 0.2) is 0 Å². The quantitative estimate of drug-likeness (QED) is 0.648. The molecule has 128 valence electrons. The van der Waals surface area contributed by atoms with Gasteiger partial charge in [-0.1, -0.05) is 15.9 Å². The van der Waals surface area contributed by atoms with Crippen LogP contribution in [0, 0.1) is 5.82 Å². The van der Waals surface area contributed by atoms with Crippen LogP contribution in [0.3, 0.4) is 0 Å². The number of aliphatic imine (C=N–C) groups is 1. The lowest BCUT2D eigenvalue weighted by Gasteiger charge is -2.07. The summed E-state index contributed by atoms with van der Waals surface area (Å²) in [6.07, 6.45) is 2.42. The van der Waals surface area contributed by atoms with Crippen LogP contribution in [0.1, 0.15) is 11.3 Å². The molecule has 0 aliphatic carbocycles. The normalized spacial score (nSPS) is 11.3. The Kier molecular flexibility index (Phi) is 4.66. The lowest BCUT2D eigenvalue weighted by Crippen LogP contribution is -2.32. The highest BCUT2D eigenvalue weighted by Crippen LogP contribution is 2.22. The molecule has 0 atom stereocenters. The topological polar surface area (TPSA) is 101 Å². The van der Waals surface area contributed by atoms with Crippen LogP contribution < -0.4 is 11.2 Å². The number of furan rings is 1. The van der Waals surface area contributed by atoms with Gasteiger partial charge in [-0.2, -0.15) is 0 Å². The summed E-state index contributed by atoms with van der Waals surface area (Å²) in [6, 6.07) is 7.44. The summed E-state index contributed by atoms with van der Waals surface area (Å²) in [6.45, 7) is -0.0814. The van der Waals surface area contributed by atoms with E-state index in [0.29, 0.717) is 10.2 Å². The van der Waals surface area contributed by atoms with Gasteiger partial charge in [0.2, 0.25) is 5.88 Å². The summed E-state index contributed by atoms with van der Waals surface area (Å²) in [5, 5.41) is 10.2. The van der Waals surface area contributed by atoms with Crippen LogP contribution in [0.2, 0.25) is 0 Å². The van der Waals surface area contributed by atoms with Gasteiger partial charge in [0.1, 0.15) is 17.1 Å². The Bertz CT molecular complexity index is 1050. The Labute approximate surface area is 148 Å². The lowest BCUT2D eigenvalue weighted by atomic mass is 10.3. The van der Waals surface area contributed by atoms with Crippen LogP contribution in [-0.2, 0) is 6.54 Å². The molecule has 0 aliphatic heterocycles. The minimum Gasteiger partial charge on any atom is -0.494 e. The highest BCUT2D eigenvalue weighted by molar-refractivity contribution is 9.10. The van der Waals surface area contributed by atoms with Crippen molar-refractivity contribution in [1.29, 1.82) is 0 Å². The highest BCUT2D eigenvalue weighted by atomic mass is 79.9. The van der Waals surface area contributed by atoms with Gasteiger partial charge in [0, 0.05) is 10.7 Å². The first-order valence-corrected chi connectivity index (χ1v) is 7.82. The molecule has 0 aliphatic rings. The zero-order chi connectivity index (χ0) is 18.0. The summed E-state index contributed by atoms with van der Waals surface area (Å²) in [4.78, 5) is 29.8. The van der Waals surface area contributed by atoms with E-state index in [0.717, 1.165) is 10.8 Å². The van der Waals surface area contributed by atoms with E-state index in [2.05, 4.69) is 25.9 Å². The van der Waals surface area contributed by atoms with E-state index >= 15 is 0 Å². The number of aromatic amines is 1. The maximum Gasteiger partial charge on any atom is 0.331 e. The predicted molar refractivity (Wildman–Crippen MR) is 92.2 cm³/mol. The van der Waals surface area contributed by atoms with E-state index in [-0.39, 0.29) is 17.8 Å². The number of aromatic hydroxyl groups is 1. The van der Waals surface area contributed by atoms with Gasteiger partial charge >= 0.3 is 5.69 Å². The molecule has 0 amide bonds. The zero-order valence-electron chi connectivity index (χ0n) is 12.6. The summed E-state index contributed by atoms with van der Waals surface area (Å²) in [7, 11) is 0. The zero-order valence-corrected chi connectivity index (χ0v) is 14.2. The molecular formula is C16H11BrFN3O4. The van der Waals surface area contributed by atoms with Crippen LogP contribution >= 0.6 is 15.9 Å². The average molecular weight is 408 g/mol. The molecule has 0 fully saturated rings. The second-order valence-corrected chi connectivity index (χ2v) is 5.93. The molecule has 25 heavy (non-hydrogen) atoms. The van der Waals surface area contributed by atoms with Gasteiger partial charge in [0.05, 0.1) is 18.5 Å². The third-order valence-electron chi connectivity index (χ3n) is 3.34. The maximum absolute atomic E-state index is 13.8. The molecule has 3 rings (SSSR count). The van der Waals surface area contributed by atoms with Gasteiger partial charge in [0.25, 0.3) is 5.56 Å². The number of aromatic nitrogens is 2. The summed E-state index contributed by atoms with van der Waals surface area (Å²) < 4.78 is 20.4. The second-order valence-electron chi connectivity index (χ2n) is 5.02. The minimum atomic E-state index is -0.834. The number of rotatable bonds is 4. The monoisotopic (exact) mass is 407 g/mol. The first kappa shape index (κ1) is 16.9. The van der Waals surface area contributed by atoms with E-state index in [4.69, 9.17) is 4.42 Å². The third-order valence-corrected chi connectivity index (χ3v) is 3.84. The van der Waals surface area contributed by atoms with Crippen molar-refractivity contribution in [2.45, 2.75) is 6.54 Å². The number of hydrogen-bond acceptors (Lipinski definition) is 5. The molecule has 2 aromatic heterocycles. The first-order chi connectivity index (χ1) is 12.0. The summed E-state index contributed by atoms with van der Waals surface area (Å²) >= 11 is 3.13. The number of hydrogen-bond donors (Lipinski definition) is 2. The standard InChI is InChI=1S/C16H11BrFN3O4/c17-9-3-4-13(12(18)6-9)19-7-11-14(22)20-16(24)21(15(11)23)8-10-2-1-5-25-10/h1-7,23H,8H2,(H,20,22,24). The van der Waals surface area contributed by atoms with Crippen LogP contribution in [-0.4, -0.2) is 20.9 Å². The van der Waals surface area contributed by atoms with Gasteiger partial charge in [-0.05, 0) is 30.3 Å². The largest absolute Gasteiger partial charge is 0.494 e. The average Bonchev–Trinajstić information content (AvgIpc) is 3.06. The molecule has 0 radical (unpaired) electrons. The van der Waals surface area contributed by atoms with Crippen molar-refractivity contribution >= 4 is 27.8 Å². The molecule has 0 saturated heterocycles. The van der Waals surface area contributed by atoms with Crippen molar-refractivity contribution < 1.29 is 13.9 Å². The number of halogens is 2. The van der Waals surface area contributed by atoms with E-state index in [1.807, 2.05) is 0 Å². The summed E-state index contributed by atoms with van der Waals surface area (Å²) in [5.74, 6) is -0.789. The molecule has 3 aromatic rings. The number of nitrogens with one attached hydrogen (secondary N) is 1. The van der Waals surface area contributed by atoms with Crippen molar-refractivity contribution in [1.82, 2.24) is 9.55 Å². The Morgan fingerprint density at radius 2 is 2.16 bits per heavy atom. The van der Waals surface area contributed by atoms with Crippen LogP contribution in [0.25, 0.3) is 0 Å². The van der Waals surface area contributed by atoms with Crippen molar-refractivity contribution in [3.63, 3.8) is 0 Å². The Morgan fingerprint density at radius 1 is 1.36 bits per heavy atom. The Morgan fingerprint density at radius 3 is 2.84 bits per heavy atom. The lowest BCUT2D eigenvalue weighted by molar-refractivity contribution is 0.392. The molecule has 0 spiro atoms. The fraction of sp³-hybridized carbons (Fsp3) is 0.0625. The SMILES string of the molecule is O=c1[nH]c(=O)n(Cc2ccco2)c(O)c1C=Nc1ccc(Br)cc1F. The number of benzene rings is 1. The molecular weight excluding hydrogens is 397 g/mol. The maximum atomic E-state index is 13.8. The molecule has 1 aromatic carbocycles. The van der Waals surface area contributed by atoms with Crippen molar-refractivity contribution in [2.24, 2.45) is 4.99 Å². The van der Waals surface area contributed by atoms with Crippen molar-refractivity contribution in [3.8, 4) is 5.88 Å². The molecule has 7 nitrogen and oxygen atoms in total. The van der Waals surface area contributed by atoms with Gasteiger partial charge in [-0.3, -0.25) is 19.3 Å². The number of H-pyrrole nitrogens is 1. The molecule has 2 heterocycles. The molecule has 0 saturated carbocycles. The van der Waals surface area contributed by atoms with E-state index in [1.165, 1.54) is 18.4 Å². The van der Waals surface area contributed by atoms with Crippen LogP contribution in [0.4, 0.5) is 10.1 Å². The van der Waals surface area contributed by atoms with Crippen molar-refractivity contribution in [2.75, 3.05) is 0 Å². The fourth-order valence-corrected chi connectivity index (χ4v) is 2.45. The van der Waals surface area contributed by atoms with Crippen LogP contribution in [0.5, 0.6) is 5.88 Å². The van der Waals surface area contributed by atoms with Gasteiger partial charge < -0.3 is 9.52 Å². The number of nitrogens with zero attached hydrogens (tertiary/aromatic N) is 2. The summed E-state index contributed by atoms with van der Waals surface area (Å²) in [5.41, 5.74) is -1.93. The highest BCUT2D eigenvalue weighted by Gasteiger charge is 2.14. The molecule has 9 heteroatoms. The van der Waals surface area contributed by atoms with Crippen molar-refractivity contribution in [3.05, 3.63) is 79.0 Å². The smallest absolute Gasteiger partial charge is 0.331 e. The second kappa shape index (κ2) is 6.89. The Hall–Kier alpha value is -2.94. The van der Waals surface area contributed by atoms with E-state index < -0.39 is 22.9 Å². The van der Waals surface area contributed by atoms with Gasteiger partial charge in [-0.15, -0.1) is 0 Å². The van der Waals surface area contributed by atoms with Crippen LogP contribution in [0.15, 0.2) is 60.1 Å². The van der Waals surface area contributed by atoms with E-state index in [9.17, 15) is 19.1 Å². The van der Waals surface area contributed by atoms with E-state index in [1.54, 1.807) is 18.2 Å². The predicted octanol–water partition coefficient (Wildman–Crippen LogP) is 2.54. The fourth-order valence-electron chi connectivity index (χ4n) is 2.12. The molecule has 2 N–H and O–H groups in total. The third kappa shape index (κ3) is 3.61. The van der Waals surface area contributed by atoms with Gasteiger partial charge in [-0.25, -0.2) is 9.18 Å². The molecule has 0 bridgehead atoms. The Balaban J connectivity index is 2.02.